The molecule has 0 radical (unpaired) electrons. The van der Waals surface area contributed by atoms with E-state index in [-0.39, 0.29) is 79.2 Å². The van der Waals surface area contributed by atoms with Crippen molar-refractivity contribution in [3.05, 3.63) is 166 Å². The zero-order valence-corrected chi connectivity index (χ0v) is 46.1. The van der Waals surface area contributed by atoms with Crippen LogP contribution in [0, 0.1) is 11.8 Å². The van der Waals surface area contributed by atoms with Gasteiger partial charge in [-0.05, 0) is 86.8 Å². The average molecular weight is 1150 g/mol. The third-order valence-electron chi connectivity index (χ3n) is 13.1. The number of nitrogens with two attached hydrogens (primary N) is 1. The summed E-state index contributed by atoms with van der Waals surface area (Å²) in [7, 11) is -7.95. The number of ether oxygens (including phenoxy) is 2. The standard InChI is InChI=1S/C28H31N6O7P.C26H29N6O6P/c1-18(27(37)39-15-20-9-5-3-6-10-20)33-42(38,41-23-11-7-4-8-12-23)40-16-21-13-22(14-21)34-17-29-24-25(34)31-28(30-19(2)35)32-26(24)36;1-17(25(34)36-14-18-8-4-2-5-9-18)31-39(35,38-21-10-6-3-7-11-21)37-15-19-12-20(13-19)32-16-28-22-23(32)29-26(27)30-24(22)33/h3-12,17-18,21-22H,13-16H2,1-2H3,(H,33,38)(H2,30,31,32,35,36);2-11,16-17,19-20H,12-15H2,1H3,(H,31,35)(H3,27,29,30,33)/t18-,21?,22?,42?;17-,19?,20?,39?/m00/s1. The Kier molecular flexibility index (Phi) is 18.3. The summed E-state index contributed by atoms with van der Waals surface area (Å²) in [5, 5.41) is 7.91. The van der Waals surface area contributed by atoms with Crippen LogP contribution in [0.15, 0.2) is 144 Å². The summed E-state index contributed by atoms with van der Waals surface area (Å²) >= 11 is 0. The maximum atomic E-state index is 13.8. The van der Waals surface area contributed by atoms with Gasteiger partial charge < -0.3 is 33.4 Å². The lowest BCUT2D eigenvalue weighted by atomic mass is 9.81. The highest BCUT2D eigenvalue weighted by Gasteiger charge is 2.39. The number of rotatable bonds is 23. The van der Waals surface area contributed by atoms with Crippen molar-refractivity contribution in [3.8, 4) is 11.5 Å². The van der Waals surface area contributed by atoms with Crippen LogP contribution in [0.5, 0.6) is 11.5 Å². The average Bonchev–Trinajstić information content (AvgIpc) is 4.25. The number of imidazole rings is 2. The van der Waals surface area contributed by atoms with Crippen LogP contribution < -0.4 is 41.4 Å². The summed E-state index contributed by atoms with van der Waals surface area (Å²) in [5.41, 5.74) is 7.68. The van der Waals surface area contributed by atoms with E-state index in [2.05, 4.69) is 45.4 Å². The topological polar surface area (TPSA) is 330 Å². The summed E-state index contributed by atoms with van der Waals surface area (Å²) in [4.78, 5) is 83.0. The van der Waals surface area contributed by atoms with Gasteiger partial charge in [-0.3, -0.25) is 48.3 Å². The smallest absolute Gasteiger partial charge is 0.459 e. The Balaban J connectivity index is 0.000000196. The molecule has 2 unspecified atom stereocenters. The van der Waals surface area contributed by atoms with Gasteiger partial charge >= 0.3 is 27.4 Å². The number of aromatic amines is 2. The number of anilines is 2. The van der Waals surface area contributed by atoms with Crippen molar-refractivity contribution >= 4 is 67.6 Å². The number of amides is 1. The predicted octanol–water partition coefficient (Wildman–Crippen LogP) is 7.53. The van der Waals surface area contributed by atoms with Crippen LogP contribution in [0.3, 0.4) is 0 Å². The lowest BCUT2D eigenvalue weighted by molar-refractivity contribution is -0.147. The minimum Gasteiger partial charge on any atom is -0.460 e. The van der Waals surface area contributed by atoms with Crippen LogP contribution in [-0.4, -0.2) is 82.2 Å². The molecule has 0 bridgehead atoms. The molecule has 0 aliphatic heterocycles. The van der Waals surface area contributed by atoms with Crippen LogP contribution in [0.4, 0.5) is 11.9 Å². The third kappa shape index (κ3) is 15.1. The number of fused-ring (bicyclic) bond motifs is 2. The number of carbonyl (C=O) groups is 3. The molecule has 7 N–H and O–H groups in total. The maximum Gasteiger partial charge on any atom is 0.459 e. The molecule has 8 aromatic rings. The van der Waals surface area contributed by atoms with E-state index in [4.69, 9.17) is 33.3 Å². The zero-order chi connectivity index (χ0) is 57.1. The monoisotopic (exact) mass is 1150 g/mol. The lowest BCUT2D eigenvalue weighted by Crippen LogP contribution is -2.36. The van der Waals surface area contributed by atoms with E-state index in [0.717, 1.165) is 11.1 Å². The summed E-state index contributed by atoms with van der Waals surface area (Å²) in [6.45, 7) is 4.79. The van der Waals surface area contributed by atoms with Gasteiger partial charge in [0.15, 0.2) is 22.3 Å². The summed E-state index contributed by atoms with van der Waals surface area (Å²) in [6, 6.07) is 33.7. The zero-order valence-electron chi connectivity index (χ0n) is 44.3. The molecule has 2 aliphatic carbocycles. The first-order chi connectivity index (χ1) is 39.0. The molecule has 2 fully saturated rings. The van der Waals surface area contributed by atoms with E-state index in [1.54, 1.807) is 84.8 Å². The molecule has 81 heavy (non-hydrogen) atoms. The molecule has 4 aromatic heterocycles. The SMILES string of the molecule is CC(=O)Nc1nc2c(ncn2C2CC(COP(=O)(N[C@@H](C)C(=O)OCc3ccccc3)Oc3ccccc3)C2)c(=O)[nH]1.C[C@H](NP(=O)(OCC1CC(n2cnc3c(=O)[nH]c(N)nc32)C1)Oc1ccccc1)C(=O)OCc1ccccc1. The highest BCUT2D eigenvalue weighted by molar-refractivity contribution is 7.52. The largest absolute Gasteiger partial charge is 0.460 e. The molecule has 0 spiro atoms. The number of nitrogens with zero attached hydrogens (tertiary/aromatic N) is 6. The van der Waals surface area contributed by atoms with Crippen molar-refractivity contribution in [1.29, 1.82) is 0 Å². The number of para-hydroxylation sites is 2. The molecule has 4 aromatic carbocycles. The Hall–Kier alpha value is -8.31. The molecule has 2 aliphatic rings. The Morgan fingerprint density at radius 2 is 1.01 bits per heavy atom. The van der Waals surface area contributed by atoms with Gasteiger partial charge in [0.05, 0.1) is 25.9 Å². The van der Waals surface area contributed by atoms with E-state index >= 15 is 0 Å². The first-order valence-corrected chi connectivity index (χ1v) is 29.0. The molecule has 424 valence electrons. The Morgan fingerprint density at radius 1 is 0.617 bits per heavy atom. The number of esters is 2. The number of H-pyrrole nitrogens is 2. The third-order valence-corrected chi connectivity index (χ3v) is 16.4. The summed E-state index contributed by atoms with van der Waals surface area (Å²) in [5.74, 6) is -0.755. The number of hydrogen-bond acceptors (Lipinski definition) is 18. The van der Waals surface area contributed by atoms with Gasteiger partial charge in [-0.15, -0.1) is 0 Å². The van der Waals surface area contributed by atoms with Crippen LogP contribution in [0.1, 0.15) is 69.7 Å². The van der Waals surface area contributed by atoms with Crippen molar-refractivity contribution in [2.24, 2.45) is 11.8 Å². The molecule has 10 rings (SSSR count). The second-order valence-corrected chi connectivity index (χ2v) is 22.8. The Morgan fingerprint density at radius 3 is 1.43 bits per heavy atom. The van der Waals surface area contributed by atoms with E-state index < -0.39 is 50.6 Å². The molecule has 4 atom stereocenters. The minimum atomic E-state index is -3.99. The fourth-order valence-corrected chi connectivity index (χ4v) is 12.0. The van der Waals surface area contributed by atoms with Crippen LogP contribution in [0.2, 0.25) is 0 Å². The van der Waals surface area contributed by atoms with Gasteiger partial charge in [0.2, 0.25) is 17.8 Å². The van der Waals surface area contributed by atoms with Crippen molar-refractivity contribution in [1.82, 2.24) is 49.2 Å². The van der Waals surface area contributed by atoms with Gasteiger partial charge in [0, 0.05) is 19.0 Å². The number of nitrogens with one attached hydrogen (secondary N) is 5. The first kappa shape index (κ1) is 57.4. The molecule has 4 heterocycles. The summed E-state index contributed by atoms with van der Waals surface area (Å²) in [6.07, 6.45) is 5.74. The van der Waals surface area contributed by atoms with Gasteiger partial charge in [-0.25, -0.2) is 19.1 Å². The highest BCUT2D eigenvalue weighted by atomic mass is 31.2. The van der Waals surface area contributed by atoms with Crippen LogP contribution in [-0.2, 0) is 55.2 Å². The molecular weight excluding hydrogens is 1090 g/mol. The minimum absolute atomic E-state index is 0.0131. The van der Waals surface area contributed by atoms with Gasteiger partial charge in [0.1, 0.15) is 36.8 Å². The number of carbonyl (C=O) groups excluding carboxylic acids is 3. The molecule has 27 heteroatoms. The number of benzene rings is 4. The van der Waals surface area contributed by atoms with Crippen LogP contribution >= 0.6 is 15.5 Å². The van der Waals surface area contributed by atoms with E-state index in [0.29, 0.717) is 48.5 Å². The number of hydrogen-bond donors (Lipinski definition) is 6. The van der Waals surface area contributed by atoms with Crippen LogP contribution in [0.25, 0.3) is 22.3 Å². The maximum absolute atomic E-state index is 13.8. The molecule has 0 saturated heterocycles. The lowest BCUT2D eigenvalue weighted by Gasteiger charge is -2.36. The first-order valence-electron chi connectivity index (χ1n) is 25.9. The van der Waals surface area contributed by atoms with E-state index in [9.17, 15) is 33.1 Å². The highest BCUT2D eigenvalue weighted by Crippen LogP contribution is 2.50. The quantitative estimate of drug-likeness (QED) is 0.0266. The number of aromatic nitrogens is 8. The van der Waals surface area contributed by atoms with Gasteiger partial charge in [-0.2, -0.15) is 20.1 Å². The fraction of sp³-hybridized carbons (Fsp3) is 0.315. The van der Waals surface area contributed by atoms with Crippen molar-refractivity contribution < 1.29 is 51.1 Å². The summed E-state index contributed by atoms with van der Waals surface area (Å²) < 4.78 is 65.0. The molecular formula is C54H60N12O13P2. The second-order valence-electron chi connectivity index (χ2n) is 19.5. The molecule has 25 nitrogen and oxygen atoms in total. The Bertz CT molecular complexity index is 3670. The second kappa shape index (κ2) is 25.9. The van der Waals surface area contributed by atoms with E-state index in [1.165, 1.54) is 13.8 Å². The van der Waals surface area contributed by atoms with Crippen molar-refractivity contribution in [2.45, 2.75) is 83.8 Å². The molecule has 1 amide bonds. The molecule has 2 saturated carbocycles. The fourth-order valence-electron chi connectivity index (χ4n) is 8.87. The van der Waals surface area contributed by atoms with Crippen molar-refractivity contribution in [3.63, 3.8) is 0 Å². The van der Waals surface area contributed by atoms with Crippen molar-refractivity contribution in [2.75, 3.05) is 24.3 Å². The van der Waals surface area contributed by atoms with Gasteiger partial charge in [0.25, 0.3) is 11.1 Å². The normalized spacial score (nSPS) is 18.8. The Labute approximate surface area is 463 Å². The predicted molar refractivity (Wildman–Crippen MR) is 297 cm³/mol. The van der Waals surface area contributed by atoms with Gasteiger partial charge in [-0.1, -0.05) is 97.1 Å². The van der Waals surface area contributed by atoms with E-state index in [1.807, 2.05) is 65.2 Å². The number of nitrogen functional groups attached to an aromatic ring is 1.